The Morgan fingerprint density at radius 1 is 1.40 bits per heavy atom. The molecule has 1 N–H and O–H groups in total. The van der Waals surface area contributed by atoms with Crippen LogP contribution in [0.1, 0.15) is 18.4 Å². The van der Waals surface area contributed by atoms with Crippen LogP contribution in [0.15, 0.2) is 28.6 Å². The first-order valence-electron chi connectivity index (χ1n) is 6.11. The van der Waals surface area contributed by atoms with Crippen LogP contribution in [0.4, 0.5) is 10.1 Å². The molecule has 0 spiro atoms. The highest BCUT2D eigenvalue weighted by Crippen LogP contribution is 2.28. The van der Waals surface area contributed by atoms with Crippen molar-refractivity contribution in [1.29, 1.82) is 0 Å². The second-order valence-corrected chi connectivity index (χ2v) is 6.73. The van der Waals surface area contributed by atoms with Crippen molar-refractivity contribution in [2.24, 2.45) is 0 Å². The highest BCUT2D eigenvalue weighted by Gasteiger charge is 2.20. The van der Waals surface area contributed by atoms with E-state index in [1.807, 2.05) is 13.8 Å². The normalized spacial score (nSPS) is 12.2. The first-order chi connectivity index (χ1) is 9.58. The number of aromatic nitrogens is 2. The number of nitrogens with zero attached hydrogens (tertiary/aromatic N) is 2. The zero-order valence-electron chi connectivity index (χ0n) is 11.1. The number of hydrogen-bond acceptors (Lipinski definition) is 5. The SMILES string of the molecule is CCC(Sc1nnc(C)s1)C(=O)Nc1ccc(F)cc1. The van der Waals surface area contributed by atoms with Gasteiger partial charge in [0.05, 0.1) is 5.25 Å². The van der Waals surface area contributed by atoms with Crippen LogP contribution in [0, 0.1) is 12.7 Å². The van der Waals surface area contributed by atoms with Crippen molar-refractivity contribution in [3.8, 4) is 0 Å². The molecule has 2 rings (SSSR count). The molecule has 2 aromatic rings. The largest absolute Gasteiger partial charge is 0.325 e. The minimum atomic E-state index is -0.325. The number of rotatable bonds is 5. The molecule has 1 atom stereocenters. The van der Waals surface area contributed by atoms with Gasteiger partial charge in [0.15, 0.2) is 4.34 Å². The van der Waals surface area contributed by atoms with E-state index in [1.165, 1.54) is 35.2 Å². The van der Waals surface area contributed by atoms with Crippen molar-refractivity contribution in [2.45, 2.75) is 29.9 Å². The summed E-state index contributed by atoms with van der Waals surface area (Å²) in [6.45, 7) is 3.82. The molecule has 0 fully saturated rings. The first-order valence-corrected chi connectivity index (χ1v) is 7.81. The maximum Gasteiger partial charge on any atom is 0.237 e. The van der Waals surface area contributed by atoms with Gasteiger partial charge in [-0.15, -0.1) is 10.2 Å². The molecule has 0 bridgehead atoms. The average Bonchev–Trinajstić information content (AvgIpc) is 2.84. The Bertz CT molecular complexity index is 586. The fourth-order valence-corrected chi connectivity index (χ4v) is 3.51. The highest BCUT2D eigenvalue weighted by atomic mass is 32.2. The van der Waals surface area contributed by atoms with Gasteiger partial charge in [0.2, 0.25) is 5.91 Å². The summed E-state index contributed by atoms with van der Waals surface area (Å²) in [5.41, 5.74) is 0.587. The fourth-order valence-electron chi connectivity index (χ4n) is 1.53. The van der Waals surface area contributed by atoms with E-state index in [0.29, 0.717) is 12.1 Å². The number of halogens is 1. The Labute approximate surface area is 124 Å². The minimum Gasteiger partial charge on any atom is -0.325 e. The van der Waals surface area contributed by atoms with Crippen LogP contribution in [-0.2, 0) is 4.79 Å². The van der Waals surface area contributed by atoms with Gasteiger partial charge in [0.25, 0.3) is 0 Å². The summed E-state index contributed by atoms with van der Waals surface area (Å²) in [4.78, 5) is 12.2. The lowest BCUT2D eigenvalue weighted by Gasteiger charge is -2.12. The molecule has 0 aliphatic carbocycles. The van der Waals surface area contributed by atoms with Crippen molar-refractivity contribution < 1.29 is 9.18 Å². The smallest absolute Gasteiger partial charge is 0.237 e. The third-order valence-corrected chi connectivity index (χ3v) is 4.81. The number of carbonyl (C=O) groups is 1. The second-order valence-electron chi connectivity index (χ2n) is 4.10. The van der Waals surface area contributed by atoms with Crippen LogP contribution in [0.5, 0.6) is 0 Å². The summed E-state index contributed by atoms with van der Waals surface area (Å²) in [5, 5.41) is 11.3. The number of aryl methyl sites for hydroxylation is 1. The van der Waals surface area contributed by atoms with E-state index < -0.39 is 0 Å². The molecule has 7 heteroatoms. The molecule has 20 heavy (non-hydrogen) atoms. The van der Waals surface area contributed by atoms with Crippen LogP contribution in [-0.4, -0.2) is 21.4 Å². The number of benzene rings is 1. The molecule has 0 radical (unpaired) electrons. The molecule has 0 saturated carbocycles. The molecule has 0 saturated heterocycles. The zero-order valence-corrected chi connectivity index (χ0v) is 12.7. The number of anilines is 1. The molecular formula is C13H14FN3OS2. The van der Waals surface area contributed by atoms with Gasteiger partial charge in [-0.25, -0.2) is 4.39 Å². The Hall–Kier alpha value is -1.47. The summed E-state index contributed by atoms with van der Waals surface area (Å²) in [6.07, 6.45) is 0.677. The predicted molar refractivity (Wildman–Crippen MR) is 79.6 cm³/mol. The van der Waals surface area contributed by atoms with E-state index in [0.717, 1.165) is 9.35 Å². The van der Waals surface area contributed by atoms with Crippen molar-refractivity contribution in [1.82, 2.24) is 10.2 Å². The molecular weight excluding hydrogens is 297 g/mol. The number of thioether (sulfide) groups is 1. The molecule has 0 aliphatic rings. The van der Waals surface area contributed by atoms with Gasteiger partial charge in [-0.2, -0.15) is 0 Å². The van der Waals surface area contributed by atoms with E-state index in [4.69, 9.17) is 0 Å². The van der Waals surface area contributed by atoms with E-state index in [-0.39, 0.29) is 17.0 Å². The minimum absolute atomic E-state index is 0.114. The molecule has 1 heterocycles. The molecule has 1 unspecified atom stereocenters. The maximum absolute atomic E-state index is 12.8. The van der Waals surface area contributed by atoms with Crippen LogP contribution in [0.25, 0.3) is 0 Å². The summed E-state index contributed by atoms with van der Waals surface area (Å²) in [5.74, 6) is -0.439. The summed E-state index contributed by atoms with van der Waals surface area (Å²) < 4.78 is 13.6. The third kappa shape index (κ3) is 4.01. The average molecular weight is 311 g/mol. The Morgan fingerprint density at radius 3 is 2.65 bits per heavy atom. The van der Waals surface area contributed by atoms with Crippen molar-refractivity contribution in [3.63, 3.8) is 0 Å². The maximum atomic E-state index is 12.8. The zero-order chi connectivity index (χ0) is 14.5. The lowest BCUT2D eigenvalue weighted by Crippen LogP contribution is -2.24. The molecule has 4 nitrogen and oxygen atoms in total. The number of amides is 1. The van der Waals surface area contributed by atoms with Gasteiger partial charge < -0.3 is 5.32 Å². The Balaban J connectivity index is 2.00. The van der Waals surface area contributed by atoms with Crippen LogP contribution in [0.3, 0.4) is 0 Å². The topological polar surface area (TPSA) is 54.9 Å². The van der Waals surface area contributed by atoms with E-state index in [2.05, 4.69) is 15.5 Å². The summed E-state index contributed by atoms with van der Waals surface area (Å²) in [6, 6.07) is 5.72. The van der Waals surface area contributed by atoms with E-state index in [9.17, 15) is 9.18 Å². The monoisotopic (exact) mass is 311 g/mol. The van der Waals surface area contributed by atoms with Crippen molar-refractivity contribution >= 4 is 34.7 Å². The Morgan fingerprint density at radius 2 is 2.10 bits per heavy atom. The van der Waals surface area contributed by atoms with Gasteiger partial charge >= 0.3 is 0 Å². The van der Waals surface area contributed by atoms with Crippen LogP contribution < -0.4 is 5.32 Å². The van der Waals surface area contributed by atoms with Gasteiger partial charge in [-0.1, -0.05) is 30.0 Å². The molecule has 106 valence electrons. The van der Waals surface area contributed by atoms with E-state index >= 15 is 0 Å². The number of carbonyl (C=O) groups excluding carboxylic acids is 1. The second kappa shape index (κ2) is 6.81. The van der Waals surface area contributed by atoms with Crippen LogP contribution in [0.2, 0.25) is 0 Å². The standard InChI is InChI=1S/C13H14FN3OS2/c1-3-11(20-13-17-16-8(2)19-13)12(18)15-10-6-4-9(14)5-7-10/h4-7,11H,3H2,1-2H3,(H,15,18). The molecule has 0 aliphatic heterocycles. The fraction of sp³-hybridized carbons (Fsp3) is 0.308. The van der Waals surface area contributed by atoms with Gasteiger partial charge in [0, 0.05) is 5.69 Å². The third-order valence-electron chi connectivity index (χ3n) is 2.53. The van der Waals surface area contributed by atoms with Crippen molar-refractivity contribution in [2.75, 3.05) is 5.32 Å². The molecule has 1 aromatic carbocycles. The lowest BCUT2D eigenvalue weighted by atomic mass is 10.2. The summed E-state index contributed by atoms with van der Waals surface area (Å²) >= 11 is 2.87. The summed E-state index contributed by atoms with van der Waals surface area (Å²) in [7, 11) is 0. The Kier molecular flexibility index (Phi) is 5.08. The molecule has 1 amide bonds. The quantitative estimate of drug-likeness (QED) is 0.859. The predicted octanol–water partition coefficient (Wildman–Crippen LogP) is 3.50. The number of nitrogens with one attached hydrogen (secondary N) is 1. The van der Waals surface area contributed by atoms with Gasteiger partial charge in [-0.05, 0) is 37.6 Å². The first kappa shape index (κ1) is 14.9. The number of hydrogen-bond donors (Lipinski definition) is 1. The van der Waals surface area contributed by atoms with Gasteiger partial charge in [-0.3, -0.25) is 4.79 Å². The van der Waals surface area contributed by atoms with Crippen LogP contribution >= 0.6 is 23.1 Å². The van der Waals surface area contributed by atoms with Gasteiger partial charge in [0.1, 0.15) is 10.8 Å². The van der Waals surface area contributed by atoms with E-state index in [1.54, 1.807) is 12.1 Å². The lowest BCUT2D eigenvalue weighted by molar-refractivity contribution is -0.115. The highest BCUT2D eigenvalue weighted by molar-refractivity contribution is 8.02. The van der Waals surface area contributed by atoms with Crippen molar-refractivity contribution in [3.05, 3.63) is 35.1 Å². The molecule has 1 aromatic heterocycles.